The van der Waals surface area contributed by atoms with Gasteiger partial charge in [-0.2, -0.15) is 0 Å². The number of hydrogen-bond donors (Lipinski definition) is 0. The zero-order valence-electron chi connectivity index (χ0n) is 22.0. The lowest BCUT2D eigenvalue weighted by Crippen LogP contribution is -2.37. The largest absolute Gasteiger partial charge is 0.402 e. The van der Waals surface area contributed by atoms with Crippen LogP contribution < -0.4 is 5.56 Å². The molecular formula is C31H30ClNO3Si. The van der Waals surface area contributed by atoms with Crippen molar-refractivity contribution in [2.75, 3.05) is 0 Å². The third-order valence-electron chi connectivity index (χ3n) is 5.86. The lowest BCUT2D eigenvalue weighted by atomic mass is 9.95. The number of rotatable bonds is 5. The fourth-order valence-corrected chi connectivity index (χ4v) is 6.10. The molecule has 0 aliphatic rings. The van der Waals surface area contributed by atoms with Gasteiger partial charge in [-0.25, -0.2) is 0 Å². The first-order valence-corrected chi connectivity index (χ1v) is 15.9. The summed E-state index contributed by atoms with van der Waals surface area (Å²) in [4.78, 5) is 26.0. The molecule has 6 heteroatoms. The molecule has 0 aliphatic heterocycles. The SMILES string of the molecule is Cn1c(=O)cc(-c2cccc(C#CC(C)(C)O[Si](C)(C)C)c2)c2cc(C(=O)c3ccc(Cl)cc3)ccc21. The summed E-state index contributed by atoms with van der Waals surface area (Å²) in [6, 6.07) is 21.7. The Morgan fingerprint density at radius 2 is 1.62 bits per heavy atom. The van der Waals surface area contributed by atoms with E-state index in [2.05, 4.69) is 31.5 Å². The van der Waals surface area contributed by atoms with Crippen molar-refractivity contribution in [2.45, 2.75) is 39.1 Å². The second kappa shape index (κ2) is 10.1. The number of pyridine rings is 1. The van der Waals surface area contributed by atoms with Gasteiger partial charge in [0.1, 0.15) is 5.60 Å². The third kappa shape index (κ3) is 6.29. The number of hydrogen-bond acceptors (Lipinski definition) is 3. The highest BCUT2D eigenvalue weighted by molar-refractivity contribution is 6.69. The number of aryl methyl sites for hydroxylation is 1. The fourth-order valence-electron chi connectivity index (χ4n) is 4.39. The third-order valence-corrected chi connectivity index (χ3v) is 7.23. The molecule has 4 aromatic rings. The van der Waals surface area contributed by atoms with Crippen LogP contribution in [0.5, 0.6) is 0 Å². The van der Waals surface area contributed by atoms with Gasteiger partial charge in [0.25, 0.3) is 5.56 Å². The van der Waals surface area contributed by atoms with Crippen LogP contribution in [0.25, 0.3) is 22.0 Å². The zero-order valence-corrected chi connectivity index (χ0v) is 23.7. The van der Waals surface area contributed by atoms with Crippen LogP contribution in [0.2, 0.25) is 24.7 Å². The quantitative estimate of drug-likeness (QED) is 0.158. The second-order valence-electron chi connectivity index (χ2n) is 10.6. The molecule has 37 heavy (non-hydrogen) atoms. The van der Waals surface area contributed by atoms with Gasteiger partial charge < -0.3 is 8.99 Å². The van der Waals surface area contributed by atoms with Gasteiger partial charge in [-0.05, 0) is 99.2 Å². The summed E-state index contributed by atoms with van der Waals surface area (Å²) in [6.07, 6.45) is 0. The number of nitrogens with zero attached hydrogens (tertiary/aromatic N) is 1. The molecule has 4 rings (SSSR count). The Kier molecular flexibility index (Phi) is 7.30. The summed E-state index contributed by atoms with van der Waals surface area (Å²) >= 11 is 5.99. The molecule has 4 nitrogen and oxygen atoms in total. The topological polar surface area (TPSA) is 48.3 Å². The van der Waals surface area contributed by atoms with Crippen LogP contribution in [0.4, 0.5) is 0 Å². The predicted molar refractivity (Wildman–Crippen MR) is 155 cm³/mol. The first-order chi connectivity index (χ1) is 17.3. The molecule has 0 radical (unpaired) electrons. The molecule has 0 unspecified atom stereocenters. The Bertz CT molecular complexity index is 1620. The molecule has 1 heterocycles. The van der Waals surface area contributed by atoms with Gasteiger partial charge in [0.2, 0.25) is 0 Å². The van der Waals surface area contributed by atoms with Gasteiger partial charge in [-0.15, -0.1) is 0 Å². The van der Waals surface area contributed by atoms with Gasteiger partial charge in [0, 0.05) is 40.2 Å². The smallest absolute Gasteiger partial charge is 0.251 e. The molecule has 0 fully saturated rings. The average molecular weight is 528 g/mol. The van der Waals surface area contributed by atoms with E-state index in [4.69, 9.17) is 16.0 Å². The van der Waals surface area contributed by atoms with Crippen LogP contribution in [-0.4, -0.2) is 24.3 Å². The highest BCUT2D eigenvalue weighted by Gasteiger charge is 2.25. The zero-order chi connectivity index (χ0) is 27.0. The van der Waals surface area contributed by atoms with Crippen LogP contribution in [0, 0.1) is 11.8 Å². The maximum Gasteiger partial charge on any atom is 0.251 e. The minimum atomic E-state index is -1.75. The standard InChI is InChI=1S/C31H30ClNO3Si/c1-31(2,36-37(4,5)6)17-16-21-8-7-9-23(18-21)26-20-29(34)33(3)28-15-12-24(19-27(26)28)30(35)22-10-13-25(32)14-11-22/h7-15,18-20H,1-6H3. The number of ketones is 1. The van der Waals surface area contributed by atoms with Crippen LogP contribution in [0.1, 0.15) is 35.3 Å². The van der Waals surface area contributed by atoms with Crippen molar-refractivity contribution in [3.63, 3.8) is 0 Å². The summed E-state index contributed by atoms with van der Waals surface area (Å²) in [7, 11) is -0.0187. The van der Waals surface area contributed by atoms with Crippen LogP contribution in [0.3, 0.4) is 0 Å². The Morgan fingerprint density at radius 1 is 0.946 bits per heavy atom. The van der Waals surface area contributed by atoms with Gasteiger partial charge in [-0.3, -0.25) is 9.59 Å². The summed E-state index contributed by atoms with van der Waals surface area (Å²) in [5.74, 6) is 6.39. The molecule has 0 saturated carbocycles. The molecule has 0 aliphatic carbocycles. The molecule has 0 atom stereocenters. The number of halogens is 1. The molecule has 0 N–H and O–H groups in total. The second-order valence-corrected chi connectivity index (χ2v) is 15.4. The van der Waals surface area contributed by atoms with E-state index in [0.29, 0.717) is 16.1 Å². The van der Waals surface area contributed by atoms with E-state index in [9.17, 15) is 9.59 Å². The maximum absolute atomic E-state index is 13.2. The first kappa shape index (κ1) is 26.6. The molecule has 0 spiro atoms. The van der Waals surface area contributed by atoms with Crippen molar-refractivity contribution in [1.82, 2.24) is 4.57 Å². The molecule has 3 aromatic carbocycles. The Balaban J connectivity index is 1.80. The summed E-state index contributed by atoms with van der Waals surface area (Å²) < 4.78 is 7.80. The number of aromatic nitrogens is 1. The Hall–Kier alpha value is -3.43. The van der Waals surface area contributed by atoms with Gasteiger partial charge in [0.15, 0.2) is 14.1 Å². The molecular weight excluding hydrogens is 498 g/mol. The van der Waals surface area contributed by atoms with Crippen LogP contribution in [0.15, 0.2) is 77.6 Å². The van der Waals surface area contributed by atoms with Crippen molar-refractivity contribution in [3.8, 4) is 23.0 Å². The lowest BCUT2D eigenvalue weighted by molar-refractivity contribution is 0.103. The number of carbonyl (C=O) groups excluding carboxylic acids is 1. The highest BCUT2D eigenvalue weighted by Crippen LogP contribution is 2.29. The van der Waals surface area contributed by atoms with E-state index in [1.54, 1.807) is 48.0 Å². The highest BCUT2D eigenvalue weighted by atomic mass is 35.5. The summed E-state index contributed by atoms with van der Waals surface area (Å²) in [5.41, 5.74) is 3.59. The van der Waals surface area contributed by atoms with Crippen molar-refractivity contribution in [3.05, 3.63) is 105 Å². The normalized spacial score (nSPS) is 11.8. The minimum Gasteiger partial charge on any atom is -0.402 e. The van der Waals surface area contributed by atoms with E-state index in [0.717, 1.165) is 27.6 Å². The summed E-state index contributed by atoms with van der Waals surface area (Å²) in [6.45, 7) is 10.4. The molecule has 0 amide bonds. The van der Waals surface area contributed by atoms with Crippen molar-refractivity contribution < 1.29 is 9.22 Å². The number of carbonyl (C=O) groups is 1. The molecule has 0 bridgehead atoms. The minimum absolute atomic E-state index is 0.109. The first-order valence-electron chi connectivity index (χ1n) is 12.1. The van der Waals surface area contributed by atoms with Crippen molar-refractivity contribution >= 4 is 36.6 Å². The van der Waals surface area contributed by atoms with Gasteiger partial charge >= 0.3 is 0 Å². The molecule has 1 aromatic heterocycles. The molecule has 188 valence electrons. The average Bonchev–Trinajstić information content (AvgIpc) is 2.83. The van der Waals surface area contributed by atoms with E-state index < -0.39 is 13.9 Å². The van der Waals surface area contributed by atoms with Gasteiger partial charge in [0.05, 0.1) is 5.52 Å². The predicted octanol–water partition coefficient (Wildman–Crippen LogP) is 7.07. The van der Waals surface area contributed by atoms with E-state index in [-0.39, 0.29) is 11.3 Å². The lowest BCUT2D eigenvalue weighted by Gasteiger charge is -2.28. The van der Waals surface area contributed by atoms with Crippen LogP contribution in [-0.2, 0) is 11.5 Å². The Morgan fingerprint density at radius 3 is 2.30 bits per heavy atom. The summed E-state index contributed by atoms with van der Waals surface area (Å²) in [5, 5.41) is 1.39. The van der Waals surface area contributed by atoms with Crippen molar-refractivity contribution in [1.29, 1.82) is 0 Å². The van der Waals surface area contributed by atoms with E-state index >= 15 is 0 Å². The maximum atomic E-state index is 13.2. The number of benzene rings is 3. The van der Waals surface area contributed by atoms with Gasteiger partial charge in [-0.1, -0.05) is 35.6 Å². The fraction of sp³-hybridized carbons (Fsp3) is 0.226. The van der Waals surface area contributed by atoms with E-state index in [1.165, 1.54) is 0 Å². The molecule has 0 saturated heterocycles. The van der Waals surface area contributed by atoms with E-state index in [1.807, 2.05) is 50.2 Å². The van der Waals surface area contributed by atoms with Crippen LogP contribution >= 0.6 is 11.6 Å². The van der Waals surface area contributed by atoms with Crippen molar-refractivity contribution in [2.24, 2.45) is 7.05 Å². The Labute approximate surface area is 224 Å². The number of fused-ring (bicyclic) bond motifs is 1. The monoisotopic (exact) mass is 527 g/mol.